The lowest BCUT2D eigenvalue weighted by atomic mass is 9.96. The van der Waals surface area contributed by atoms with Crippen molar-refractivity contribution in [1.82, 2.24) is 10.2 Å². The van der Waals surface area contributed by atoms with Crippen LogP contribution in [0, 0.1) is 5.41 Å². The summed E-state index contributed by atoms with van der Waals surface area (Å²) in [6.07, 6.45) is 0.547. The SMILES string of the molecule is CC1(C)C[C@@H]1c1nnc(N[C@H]2N=C(c3ccccc3)c3ccccc3CC2=O)o1. The van der Waals surface area contributed by atoms with Gasteiger partial charge in [0.2, 0.25) is 5.89 Å². The molecule has 0 bridgehead atoms. The zero-order chi connectivity index (χ0) is 20.0. The van der Waals surface area contributed by atoms with Crippen LogP contribution in [0.2, 0.25) is 0 Å². The van der Waals surface area contributed by atoms with E-state index in [1.54, 1.807) is 0 Å². The molecule has 1 aliphatic heterocycles. The Morgan fingerprint density at radius 1 is 1.03 bits per heavy atom. The fourth-order valence-electron chi connectivity index (χ4n) is 3.84. The van der Waals surface area contributed by atoms with E-state index in [0.717, 1.165) is 28.8 Å². The molecule has 1 fully saturated rings. The highest BCUT2D eigenvalue weighted by Crippen LogP contribution is 2.58. The number of carbonyl (C=O) groups is 1. The predicted molar refractivity (Wildman–Crippen MR) is 110 cm³/mol. The number of hydrogen-bond acceptors (Lipinski definition) is 6. The van der Waals surface area contributed by atoms with Gasteiger partial charge in [-0.25, -0.2) is 0 Å². The monoisotopic (exact) mass is 386 g/mol. The summed E-state index contributed by atoms with van der Waals surface area (Å²) in [5.41, 5.74) is 3.89. The van der Waals surface area contributed by atoms with Gasteiger partial charge in [0.05, 0.1) is 5.71 Å². The molecule has 6 heteroatoms. The molecule has 2 atom stereocenters. The van der Waals surface area contributed by atoms with Crippen LogP contribution in [0.15, 0.2) is 64.0 Å². The van der Waals surface area contributed by atoms with Gasteiger partial charge in [-0.3, -0.25) is 9.79 Å². The minimum absolute atomic E-state index is 0.0325. The quantitative estimate of drug-likeness (QED) is 0.733. The summed E-state index contributed by atoms with van der Waals surface area (Å²) in [7, 11) is 0. The van der Waals surface area contributed by atoms with E-state index in [2.05, 4.69) is 29.4 Å². The number of anilines is 1. The van der Waals surface area contributed by atoms with Crippen LogP contribution < -0.4 is 5.32 Å². The van der Waals surface area contributed by atoms with Gasteiger partial charge in [-0.1, -0.05) is 73.5 Å². The van der Waals surface area contributed by atoms with Gasteiger partial charge < -0.3 is 9.73 Å². The summed E-state index contributed by atoms with van der Waals surface area (Å²) < 4.78 is 5.80. The third kappa shape index (κ3) is 3.35. The van der Waals surface area contributed by atoms with E-state index in [1.807, 2.05) is 54.6 Å². The number of Topliss-reactive ketones (excluding diaryl/α,β-unsaturated/α-hetero) is 1. The molecule has 1 saturated carbocycles. The Balaban J connectivity index is 1.49. The van der Waals surface area contributed by atoms with Crippen molar-refractivity contribution in [2.45, 2.75) is 38.8 Å². The molecule has 0 radical (unpaired) electrons. The first-order valence-electron chi connectivity index (χ1n) is 9.85. The zero-order valence-corrected chi connectivity index (χ0v) is 16.4. The van der Waals surface area contributed by atoms with E-state index >= 15 is 0 Å². The molecule has 2 aromatic carbocycles. The number of rotatable bonds is 4. The standard InChI is InChI=1S/C23H22N4O2/c1-23(2)13-17(23)21-26-27-22(29-21)25-20-18(28)12-15-10-6-7-11-16(15)19(24-20)14-8-4-3-5-9-14/h3-11,17,20H,12-13H2,1-2H3,(H,25,27)/t17-,20-/m1/s1. The first-order valence-corrected chi connectivity index (χ1v) is 9.85. The highest BCUT2D eigenvalue weighted by molar-refractivity contribution is 6.16. The maximum Gasteiger partial charge on any atom is 0.317 e. The second-order valence-electron chi connectivity index (χ2n) is 8.38. The van der Waals surface area contributed by atoms with Crippen LogP contribution in [0.25, 0.3) is 0 Å². The smallest absolute Gasteiger partial charge is 0.317 e. The summed E-state index contributed by atoms with van der Waals surface area (Å²) >= 11 is 0. The molecule has 6 nitrogen and oxygen atoms in total. The summed E-state index contributed by atoms with van der Waals surface area (Å²) in [6, 6.07) is 18.1. The van der Waals surface area contributed by atoms with Gasteiger partial charge in [0.25, 0.3) is 0 Å². The largest absolute Gasteiger partial charge is 0.408 e. The molecule has 1 N–H and O–H groups in total. The van der Waals surface area contributed by atoms with E-state index in [0.29, 0.717) is 12.3 Å². The molecule has 2 aliphatic rings. The first kappa shape index (κ1) is 17.8. The van der Waals surface area contributed by atoms with Crippen LogP contribution >= 0.6 is 0 Å². The molecule has 0 spiro atoms. The van der Waals surface area contributed by atoms with Crippen molar-refractivity contribution in [2.75, 3.05) is 5.32 Å². The van der Waals surface area contributed by atoms with E-state index in [4.69, 9.17) is 9.41 Å². The van der Waals surface area contributed by atoms with Gasteiger partial charge in [0.1, 0.15) is 0 Å². The molecule has 0 saturated heterocycles. The summed E-state index contributed by atoms with van der Waals surface area (Å²) in [6.45, 7) is 4.36. The number of aromatic nitrogens is 2. The average molecular weight is 386 g/mol. The number of nitrogens with one attached hydrogen (secondary N) is 1. The van der Waals surface area contributed by atoms with E-state index in [9.17, 15) is 4.79 Å². The van der Waals surface area contributed by atoms with Crippen LogP contribution in [-0.2, 0) is 11.2 Å². The molecule has 1 aromatic heterocycles. The molecule has 3 aromatic rings. The summed E-state index contributed by atoms with van der Waals surface area (Å²) in [5, 5.41) is 11.3. The number of hydrogen-bond donors (Lipinski definition) is 1. The van der Waals surface area contributed by atoms with Gasteiger partial charge in [0.15, 0.2) is 11.9 Å². The van der Waals surface area contributed by atoms with Crippen molar-refractivity contribution in [1.29, 1.82) is 0 Å². The van der Waals surface area contributed by atoms with Crippen molar-refractivity contribution in [3.05, 3.63) is 77.2 Å². The second-order valence-corrected chi connectivity index (χ2v) is 8.38. The molecule has 1 aliphatic carbocycles. The maximum atomic E-state index is 13.0. The Morgan fingerprint density at radius 2 is 1.76 bits per heavy atom. The van der Waals surface area contributed by atoms with Crippen LogP contribution in [0.4, 0.5) is 6.01 Å². The Hall–Kier alpha value is -3.28. The van der Waals surface area contributed by atoms with Crippen molar-refractivity contribution in [3.63, 3.8) is 0 Å². The van der Waals surface area contributed by atoms with Crippen LogP contribution in [0.3, 0.4) is 0 Å². The predicted octanol–water partition coefficient (Wildman–Crippen LogP) is 3.98. The Labute approximate surface area is 169 Å². The lowest BCUT2D eigenvalue weighted by Crippen LogP contribution is -2.29. The molecule has 0 unspecified atom stereocenters. The highest BCUT2D eigenvalue weighted by atomic mass is 16.4. The van der Waals surface area contributed by atoms with Crippen LogP contribution in [-0.4, -0.2) is 27.9 Å². The maximum absolute atomic E-state index is 13.0. The van der Waals surface area contributed by atoms with Crippen molar-refractivity contribution < 1.29 is 9.21 Å². The number of carbonyl (C=O) groups excluding carboxylic acids is 1. The highest BCUT2D eigenvalue weighted by Gasteiger charge is 2.50. The van der Waals surface area contributed by atoms with Crippen LogP contribution in [0.1, 0.15) is 48.8 Å². The number of benzene rings is 2. The van der Waals surface area contributed by atoms with Crippen molar-refractivity contribution in [3.8, 4) is 0 Å². The zero-order valence-electron chi connectivity index (χ0n) is 16.4. The molecule has 146 valence electrons. The number of aliphatic imine (C=N–C) groups is 1. The van der Waals surface area contributed by atoms with Gasteiger partial charge in [-0.2, -0.15) is 0 Å². The third-order valence-corrected chi connectivity index (χ3v) is 5.76. The number of ketones is 1. The Morgan fingerprint density at radius 3 is 2.52 bits per heavy atom. The van der Waals surface area contributed by atoms with Crippen LogP contribution in [0.5, 0.6) is 0 Å². The summed E-state index contributed by atoms with van der Waals surface area (Å²) in [4.78, 5) is 17.7. The van der Waals surface area contributed by atoms with Gasteiger partial charge in [0, 0.05) is 23.5 Å². The molecule has 5 rings (SSSR count). The lowest BCUT2D eigenvalue weighted by molar-refractivity contribution is -0.119. The first-order chi connectivity index (χ1) is 14.0. The number of fused-ring (bicyclic) bond motifs is 1. The van der Waals surface area contributed by atoms with Crippen molar-refractivity contribution >= 4 is 17.5 Å². The topological polar surface area (TPSA) is 80.4 Å². The normalized spacial score (nSPS) is 22.4. The average Bonchev–Trinajstić information content (AvgIpc) is 3.17. The minimum atomic E-state index is -0.780. The lowest BCUT2D eigenvalue weighted by Gasteiger charge is -2.11. The summed E-state index contributed by atoms with van der Waals surface area (Å²) in [5.74, 6) is 0.868. The van der Waals surface area contributed by atoms with E-state index in [-0.39, 0.29) is 23.1 Å². The fraction of sp³-hybridized carbons (Fsp3) is 0.304. The Bertz CT molecular complexity index is 1100. The Kier molecular flexibility index (Phi) is 4.08. The number of nitrogens with zero attached hydrogens (tertiary/aromatic N) is 3. The second kappa shape index (κ2) is 6.65. The molecular formula is C23H22N4O2. The van der Waals surface area contributed by atoms with Gasteiger partial charge >= 0.3 is 6.01 Å². The van der Waals surface area contributed by atoms with Gasteiger partial charge in [-0.05, 0) is 17.4 Å². The molecule has 29 heavy (non-hydrogen) atoms. The molecular weight excluding hydrogens is 364 g/mol. The third-order valence-electron chi connectivity index (χ3n) is 5.76. The van der Waals surface area contributed by atoms with Crippen molar-refractivity contribution in [2.24, 2.45) is 10.4 Å². The van der Waals surface area contributed by atoms with E-state index in [1.165, 1.54) is 0 Å². The molecule has 2 heterocycles. The van der Waals surface area contributed by atoms with E-state index < -0.39 is 6.17 Å². The van der Waals surface area contributed by atoms with Gasteiger partial charge in [-0.15, -0.1) is 5.10 Å². The molecule has 0 amide bonds. The minimum Gasteiger partial charge on any atom is -0.408 e. The fourth-order valence-corrected chi connectivity index (χ4v) is 3.84.